The molecule has 2 heteroatoms. The minimum Gasteiger partial charge on any atom is -0.385 e. The lowest BCUT2D eigenvalue weighted by Crippen LogP contribution is -2.30. The average Bonchev–Trinajstić information content (AvgIpc) is 2.59. The minimum atomic E-state index is -0.618. The summed E-state index contributed by atoms with van der Waals surface area (Å²) in [7, 11) is 0. The van der Waals surface area contributed by atoms with Gasteiger partial charge in [-0.3, -0.25) is 0 Å². The third-order valence-electron chi connectivity index (χ3n) is 3.26. The molecule has 0 aromatic carbocycles. The highest BCUT2D eigenvalue weighted by molar-refractivity contribution is 7.08. The first-order valence-corrected chi connectivity index (χ1v) is 5.26. The van der Waals surface area contributed by atoms with Crippen molar-refractivity contribution < 1.29 is 5.11 Å². The van der Waals surface area contributed by atoms with Crippen molar-refractivity contribution in [3.8, 4) is 0 Å². The van der Waals surface area contributed by atoms with E-state index in [1.807, 2.05) is 23.8 Å². The van der Waals surface area contributed by atoms with Gasteiger partial charge in [0.2, 0.25) is 0 Å². The van der Waals surface area contributed by atoms with E-state index in [4.69, 9.17) is 0 Å². The molecular formula is C10H14OS. The second kappa shape index (κ2) is 2.33. The van der Waals surface area contributed by atoms with Gasteiger partial charge in [-0.2, -0.15) is 11.3 Å². The smallest absolute Gasteiger partial charge is 0.0929 e. The summed E-state index contributed by atoms with van der Waals surface area (Å²) in [6.45, 7) is 4.09. The Morgan fingerprint density at radius 1 is 1.58 bits per heavy atom. The molecule has 1 saturated carbocycles. The SMILES string of the molecule is CC1(C(C)(O)c2ccsc2)CC1. The van der Waals surface area contributed by atoms with Gasteiger partial charge < -0.3 is 5.11 Å². The summed E-state index contributed by atoms with van der Waals surface area (Å²) in [5.74, 6) is 0. The lowest BCUT2D eigenvalue weighted by atomic mass is 9.83. The van der Waals surface area contributed by atoms with Gasteiger partial charge in [-0.05, 0) is 42.2 Å². The van der Waals surface area contributed by atoms with Crippen molar-refractivity contribution in [3.05, 3.63) is 22.4 Å². The Balaban J connectivity index is 2.33. The van der Waals surface area contributed by atoms with Crippen LogP contribution in [0.3, 0.4) is 0 Å². The highest BCUT2D eigenvalue weighted by atomic mass is 32.1. The summed E-state index contributed by atoms with van der Waals surface area (Å²) in [4.78, 5) is 0. The van der Waals surface area contributed by atoms with Crippen LogP contribution in [0.15, 0.2) is 16.8 Å². The van der Waals surface area contributed by atoms with Gasteiger partial charge in [0.15, 0.2) is 0 Å². The quantitative estimate of drug-likeness (QED) is 0.745. The van der Waals surface area contributed by atoms with Crippen LogP contribution < -0.4 is 0 Å². The van der Waals surface area contributed by atoms with Crippen LogP contribution in [0.2, 0.25) is 0 Å². The normalized spacial score (nSPS) is 24.9. The molecule has 1 atom stereocenters. The van der Waals surface area contributed by atoms with E-state index >= 15 is 0 Å². The lowest BCUT2D eigenvalue weighted by Gasteiger charge is -2.29. The Hall–Kier alpha value is -0.340. The zero-order valence-corrected chi connectivity index (χ0v) is 8.32. The summed E-state index contributed by atoms with van der Waals surface area (Å²) < 4.78 is 0. The largest absolute Gasteiger partial charge is 0.385 e. The minimum absolute atomic E-state index is 0.133. The first kappa shape index (κ1) is 8.27. The molecule has 1 aromatic heterocycles. The van der Waals surface area contributed by atoms with E-state index < -0.39 is 5.60 Å². The monoisotopic (exact) mass is 182 g/mol. The molecule has 1 aliphatic carbocycles. The van der Waals surface area contributed by atoms with Gasteiger partial charge in [-0.25, -0.2) is 0 Å². The molecule has 2 rings (SSSR count). The van der Waals surface area contributed by atoms with Crippen molar-refractivity contribution in [2.24, 2.45) is 5.41 Å². The molecule has 1 unspecified atom stereocenters. The summed E-state index contributed by atoms with van der Waals surface area (Å²) in [6.07, 6.45) is 2.30. The second-order valence-corrected chi connectivity index (χ2v) is 4.92. The van der Waals surface area contributed by atoms with Gasteiger partial charge >= 0.3 is 0 Å². The van der Waals surface area contributed by atoms with E-state index in [1.54, 1.807) is 11.3 Å². The number of hydrogen-bond acceptors (Lipinski definition) is 2. The van der Waals surface area contributed by atoms with Gasteiger partial charge in [-0.1, -0.05) is 6.92 Å². The lowest BCUT2D eigenvalue weighted by molar-refractivity contribution is -0.0122. The third kappa shape index (κ3) is 1.02. The summed E-state index contributed by atoms with van der Waals surface area (Å²) in [6, 6.07) is 2.02. The summed E-state index contributed by atoms with van der Waals surface area (Å²) in [5, 5.41) is 14.3. The molecular weight excluding hydrogens is 168 g/mol. The van der Waals surface area contributed by atoms with Gasteiger partial charge in [0.25, 0.3) is 0 Å². The fourth-order valence-corrected chi connectivity index (χ4v) is 2.32. The van der Waals surface area contributed by atoms with Crippen LogP contribution in [-0.4, -0.2) is 5.11 Å². The molecule has 1 aliphatic rings. The standard InChI is InChI=1S/C10H14OS/c1-9(4-5-9)10(2,11)8-3-6-12-7-8/h3,6-7,11H,4-5H2,1-2H3. The van der Waals surface area contributed by atoms with Crippen molar-refractivity contribution in [1.82, 2.24) is 0 Å². The molecule has 0 saturated heterocycles. The number of thiophene rings is 1. The Kier molecular flexibility index (Phi) is 1.61. The van der Waals surface area contributed by atoms with Crippen LogP contribution >= 0.6 is 11.3 Å². The van der Waals surface area contributed by atoms with Crippen LogP contribution in [0.4, 0.5) is 0 Å². The molecule has 0 amide bonds. The van der Waals surface area contributed by atoms with Crippen LogP contribution in [0.5, 0.6) is 0 Å². The first-order valence-electron chi connectivity index (χ1n) is 4.31. The number of aliphatic hydroxyl groups is 1. The molecule has 1 N–H and O–H groups in total. The number of hydrogen-bond donors (Lipinski definition) is 1. The van der Waals surface area contributed by atoms with Gasteiger partial charge in [0.05, 0.1) is 5.60 Å². The molecule has 0 spiro atoms. The van der Waals surface area contributed by atoms with Crippen molar-refractivity contribution in [1.29, 1.82) is 0 Å². The zero-order valence-electron chi connectivity index (χ0n) is 7.50. The Labute approximate surface area is 77.0 Å². The highest BCUT2D eigenvalue weighted by Crippen LogP contribution is 2.57. The van der Waals surface area contributed by atoms with Gasteiger partial charge in [0.1, 0.15) is 0 Å². The van der Waals surface area contributed by atoms with Crippen molar-refractivity contribution >= 4 is 11.3 Å². The van der Waals surface area contributed by atoms with E-state index in [-0.39, 0.29) is 5.41 Å². The van der Waals surface area contributed by atoms with Gasteiger partial charge in [0, 0.05) is 5.41 Å². The van der Waals surface area contributed by atoms with Crippen LogP contribution in [-0.2, 0) is 5.60 Å². The maximum atomic E-state index is 10.3. The maximum Gasteiger partial charge on any atom is 0.0929 e. The molecule has 1 heterocycles. The molecule has 1 nitrogen and oxygen atoms in total. The molecule has 0 bridgehead atoms. The molecule has 66 valence electrons. The van der Waals surface area contributed by atoms with E-state index in [1.165, 1.54) is 0 Å². The van der Waals surface area contributed by atoms with Crippen LogP contribution in [0, 0.1) is 5.41 Å². The third-order valence-corrected chi connectivity index (χ3v) is 3.94. The maximum absolute atomic E-state index is 10.3. The molecule has 12 heavy (non-hydrogen) atoms. The Morgan fingerprint density at radius 2 is 2.25 bits per heavy atom. The highest BCUT2D eigenvalue weighted by Gasteiger charge is 2.53. The number of rotatable bonds is 2. The van der Waals surface area contributed by atoms with Crippen LogP contribution in [0.1, 0.15) is 32.3 Å². The van der Waals surface area contributed by atoms with Gasteiger partial charge in [-0.15, -0.1) is 0 Å². The molecule has 0 aliphatic heterocycles. The fourth-order valence-electron chi connectivity index (χ4n) is 1.56. The van der Waals surface area contributed by atoms with E-state index in [9.17, 15) is 5.11 Å². The molecule has 0 radical (unpaired) electrons. The predicted molar refractivity (Wildman–Crippen MR) is 51.2 cm³/mol. The molecule has 1 aromatic rings. The van der Waals surface area contributed by atoms with Crippen molar-refractivity contribution in [3.63, 3.8) is 0 Å². The topological polar surface area (TPSA) is 20.2 Å². The van der Waals surface area contributed by atoms with E-state index in [2.05, 4.69) is 6.92 Å². The van der Waals surface area contributed by atoms with Crippen molar-refractivity contribution in [2.75, 3.05) is 0 Å². The van der Waals surface area contributed by atoms with E-state index in [0.29, 0.717) is 0 Å². The predicted octanol–water partition coefficient (Wildman–Crippen LogP) is 2.76. The Morgan fingerprint density at radius 3 is 2.67 bits per heavy atom. The van der Waals surface area contributed by atoms with Crippen LogP contribution in [0.25, 0.3) is 0 Å². The second-order valence-electron chi connectivity index (χ2n) is 4.14. The van der Waals surface area contributed by atoms with E-state index in [0.717, 1.165) is 18.4 Å². The summed E-state index contributed by atoms with van der Waals surface area (Å²) >= 11 is 1.65. The fraction of sp³-hybridized carbons (Fsp3) is 0.600. The summed E-state index contributed by atoms with van der Waals surface area (Å²) in [5.41, 5.74) is 0.591. The first-order chi connectivity index (χ1) is 5.56. The van der Waals surface area contributed by atoms with Crippen molar-refractivity contribution in [2.45, 2.75) is 32.3 Å². The Bertz CT molecular complexity index is 270. The molecule has 1 fully saturated rings. The average molecular weight is 182 g/mol. The zero-order chi connectivity index (χ0) is 8.82.